The smallest absolute Gasteiger partial charge is 0.213 e. The Kier molecular flexibility index (Phi) is 3.34. The Bertz CT molecular complexity index is 472. The summed E-state index contributed by atoms with van der Waals surface area (Å²) in [5.41, 5.74) is 0. The van der Waals surface area contributed by atoms with E-state index in [1.807, 2.05) is 0 Å². The molecular formula is C9H12N6O2. The fourth-order valence-corrected chi connectivity index (χ4v) is 1.30. The van der Waals surface area contributed by atoms with E-state index >= 15 is 0 Å². The number of methoxy groups -OCH3 is 1. The van der Waals surface area contributed by atoms with Crippen molar-refractivity contribution in [2.45, 2.75) is 6.54 Å². The summed E-state index contributed by atoms with van der Waals surface area (Å²) in [5.74, 6) is 2.25. The van der Waals surface area contributed by atoms with E-state index in [9.17, 15) is 0 Å². The molecule has 0 bridgehead atoms. The lowest BCUT2D eigenvalue weighted by molar-refractivity contribution is 0.409. The van der Waals surface area contributed by atoms with Gasteiger partial charge in [0.05, 0.1) is 13.7 Å². The van der Waals surface area contributed by atoms with Crippen molar-refractivity contribution in [3.05, 3.63) is 18.5 Å². The van der Waals surface area contributed by atoms with Crippen LogP contribution in [0.5, 0.6) is 5.75 Å². The summed E-state index contributed by atoms with van der Waals surface area (Å²) >= 11 is 0. The SMILES string of the molecule is CNc1ncnc(NCc2ncon2)c1OC. The van der Waals surface area contributed by atoms with Crippen molar-refractivity contribution >= 4 is 11.6 Å². The fraction of sp³-hybridized carbons (Fsp3) is 0.333. The summed E-state index contributed by atoms with van der Waals surface area (Å²) in [5, 5.41) is 9.64. The highest BCUT2D eigenvalue weighted by Gasteiger charge is 2.11. The third-order valence-corrected chi connectivity index (χ3v) is 2.07. The molecule has 90 valence electrons. The van der Waals surface area contributed by atoms with Crippen LogP contribution in [0.1, 0.15) is 5.82 Å². The predicted molar refractivity (Wildman–Crippen MR) is 59.8 cm³/mol. The van der Waals surface area contributed by atoms with Gasteiger partial charge < -0.3 is 19.9 Å². The monoisotopic (exact) mass is 236 g/mol. The van der Waals surface area contributed by atoms with Crippen molar-refractivity contribution < 1.29 is 9.26 Å². The Morgan fingerprint density at radius 3 is 2.76 bits per heavy atom. The van der Waals surface area contributed by atoms with Crippen molar-refractivity contribution in [3.63, 3.8) is 0 Å². The summed E-state index contributed by atoms with van der Waals surface area (Å²) < 4.78 is 9.85. The molecule has 2 heterocycles. The average Bonchev–Trinajstić information content (AvgIpc) is 2.88. The number of nitrogens with zero attached hydrogens (tertiary/aromatic N) is 4. The van der Waals surface area contributed by atoms with Crippen LogP contribution < -0.4 is 15.4 Å². The second-order valence-corrected chi connectivity index (χ2v) is 3.06. The number of hydrogen-bond donors (Lipinski definition) is 2. The highest BCUT2D eigenvalue weighted by molar-refractivity contribution is 5.63. The first-order chi connectivity index (χ1) is 8.35. The molecule has 2 aromatic rings. The lowest BCUT2D eigenvalue weighted by Crippen LogP contribution is -2.07. The summed E-state index contributed by atoms with van der Waals surface area (Å²) in [6, 6.07) is 0. The fourth-order valence-electron chi connectivity index (χ4n) is 1.30. The summed E-state index contributed by atoms with van der Waals surface area (Å²) in [7, 11) is 3.31. The van der Waals surface area contributed by atoms with Gasteiger partial charge in [-0.3, -0.25) is 0 Å². The van der Waals surface area contributed by atoms with Crippen LogP contribution in [-0.4, -0.2) is 34.3 Å². The van der Waals surface area contributed by atoms with E-state index < -0.39 is 0 Å². The van der Waals surface area contributed by atoms with Crippen LogP contribution in [-0.2, 0) is 6.54 Å². The molecule has 0 aliphatic carbocycles. The molecule has 0 fully saturated rings. The molecule has 0 saturated heterocycles. The second kappa shape index (κ2) is 5.10. The van der Waals surface area contributed by atoms with E-state index in [4.69, 9.17) is 4.74 Å². The van der Waals surface area contributed by atoms with Gasteiger partial charge >= 0.3 is 0 Å². The Morgan fingerprint density at radius 1 is 1.29 bits per heavy atom. The topological polar surface area (TPSA) is 98.0 Å². The van der Waals surface area contributed by atoms with Crippen molar-refractivity contribution in [3.8, 4) is 5.75 Å². The Morgan fingerprint density at radius 2 is 2.12 bits per heavy atom. The minimum absolute atomic E-state index is 0.396. The first-order valence-electron chi connectivity index (χ1n) is 4.91. The molecule has 8 heteroatoms. The summed E-state index contributed by atoms with van der Waals surface area (Å²) in [4.78, 5) is 12.0. The van der Waals surface area contributed by atoms with Gasteiger partial charge in [-0.2, -0.15) is 4.98 Å². The molecule has 2 aromatic heterocycles. The van der Waals surface area contributed by atoms with Gasteiger partial charge in [-0.15, -0.1) is 0 Å². The number of aromatic nitrogens is 4. The van der Waals surface area contributed by atoms with Gasteiger partial charge in [0.25, 0.3) is 0 Å². The van der Waals surface area contributed by atoms with Gasteiger partial charge in [-0.25, -0.2) is 9.97 Å². The summed E-state index contributed by atoms with van der Waals surface area (Å²) in [6.07, 6.45) is 2.71. The van der Waals surface area contributed by atoms with E-state index in [0.29, 0.717) is 29.8 Å². The predicted octanol–water partition coefficient (Wildman–Crippen LogP) is 0.522. The third kappa shape index (κ3) is 2.41. The van der Waals surface area contributed by atoms with E-state index in [1.165, 1.54) is 12.7 Å². The zero-order valence-electron chi connectivity index (χ0n) is 9.47. The molecule has 0 atom stereocenters. The van der Waals surface area contributed by atoms with E-state index in [0.717, 1.165) is 0 Å². The summed E-state index contributed by atoms with van der Waals surface area (Å²) in [6.45, 7) is 0.396. The van der Waals surface area contributed by atoms with Gasteiger partial charge in [-0.05, 0) is 0 Å². The quantitative estimate of drug-likeness (QED) is 0.775. The van der Waals surface area contributed by atoms with Gasteiger partial charge in [-0.1, -0.05) is 5.16 Å². The van der Waals surface area contributed by atoms with E-state index in [2.05, 4.69) is 35.3 Å². The number of hydrogen-bond acceptors (Lipinski definition) is 8. The minimum atomic E-state index is 0.396. The van der Waals surface area contributed by atoms with Crippen molar-refractivity contribution in [2.75, 3.05) is 24.8 Å². The van der Waals surface area contributed by atoms with Crippen LogP contribution in [0.25, 0.3) is 0 Å². The normalized spacial score (nSPS) is 10.0. The molecular weight excluding hydrogens is 224 g/mol. The molecule has 0 aromatic carbocycles. The van der Waals surface area contributed by atoms with Crippen molar-refractivity contribution in [2.24, 2.45) is 0 Å². The molecule has 0 unspecified atom stereocenters. The third-order valence-electron chi connectivity index (χ3n) is 2.07. The molecule has 0 aliphatic rings. The lowest BCUT2D eigenvalue weighted by atomic mass is 10.4. The molecule has 0 aliphatic heterocycles. The highest BCUT2D eigenvalue weighted by Crippen LogP contribution is 2.28. The van der Waals surface area contributed by atoms with Crippen LogP contribution in [0.3, 0.4) is 0 Å². The Labute approximate surface area is 97.4 Å². The molecule has 2 N–H and O–H groups in total. The zero-order chi connectivity index (χ0) is 12.1. The van der Waals surface area contributed by atoms with Crippen LogP contribution in [0.2, 0.25) is 0 Å². The van der Waals surface area contributed by atoms with Gasteiger partial charge in [0.2, 0.25) is 12.1 Å². The number of anilines is 2. The molecule has 17 heavy (non-hydrogen) atoms. The van der Waals surface area contributed by atoms with Gasteiger partial charge in [0.15, 0.2) is 17.5 Å². The van der Waals surface area contributed by atoms with Crippen molar-refractivity contribution in [1.29, 1.82) is 0 Å². The van der Waals surface area contributed by atoms with Gasteiger partial charge in [0, 0.05) is 7.05 Å². The maximum atomic E-state index is 5.22. The largest absolute Gasteiger partial charge is 0.490 e. The van der Waals surface area contributed by atoms with E-state index in [1.54, 1.807) is 14.2 Å². The Balaban J connectivity index is 2.14. The first kappa shape index (κ1) is 11.1. The van der Waals surface area contributed by atoms with Crippen LogP contribution in [0.15, 0.2) is 17.2 Å². The van der Waals surface area contributed by atoms with E-state index in [-0.39, 0.29) is 0 Å². The van der Waals surface area contributed by atoms with Crippen molar-refractivity contribution in [1.82, 2.24) is 20.1 Å². The molecule has 0 spiro atoms. The molecule has 2 rings (SSSR count). The average molecular weight is 236 g/mol. The first-order valence-corrected chi connectivity index (χ1v) is 4.91. The van der Waals surface area contributed by atoms with Crippen LogP contribution in [0, 0.1) is 0 Å². The Hall–Kier alpha value is -2.38. The maximum Gasteiger partial charge on any atom is 0.213 e. The number of rotatable bonds is 5. The molecule has 0 saturated carbocycles. The zero-order valence-corrected chi connectivity index (χ0v) is 9.47. The maximum absolute atomic E-state index is 5.22. The highest BCUT2D eigenvalue weighted by atomic mass is 16.5. The minimum Gasteiger partial charge on any atom is -0.490 e. The molecule has 0 radical (unpaired) electrons. The second-order valence-electron chi connectivity index (χ2n) is 3.06. The lowest BCUT2D eigenvalue weighted by Gasteiger charge is -2.11. The van der Waals surface area contributed by atoms with Gasteiger partial charge in [0.1, 0.15) is 6.33 Å². The number of ether oxygens (including phenoxy) is 1. The molecule has 8 nitrogen and oxygen atoms in total. The molecule has 0 amide bonds. The van der Waals surface area contributed by atoms with Crippen LogP contribution in [0.4, 0.5) is 11.6 Å². The standard InChI is InChI=1S/C9H12N6O2/c1-10-8-7(16-2)9(13-4-12-8)11-3-6-14-5-17-15-6/h4-5H,3H2,1-2H3,(H2,10,11,12,13). The van der Waals surface area contributed by atoms with Crippen LogP contribution >= 0.6 is 0 Å². The number of nitrogens with one attached hydrogen (secondary N) is 2.